The van der Waals surface area contributed by atoms with Gasteiger partial charge in [-0.15, -0.1) is 0 Å². The summed E-state index contributed by atoms with van der Waals surface area (Å²) in [5.74, 6) is 0.263. The van der Waals surface area contributed by atoms with Gasteiger partial charge in [-0.05, 0) is 85.2 Å². The number of amides is 1. The van der Waals surface area contributed by atoms with Crippen molar-refractivity contribution in [3.8, 4) is 11.5 Å². The summed E-state index contributed by atoms with van der Waals surface area (Å²) < 4.78 is 39.3. The third-order valence-electron chi connectivity index (χ3n) is 6.86. The Hall–Kier alpha value is -3.23. The lowest BCUT2D eigenvalue weighted by molar-refractivity contribution is -0.120. The zero-order valence-corrected chi connectivity index (χ0v) is 23.4. The van der Waals surface area contributed by atoms with E-state index < -0.39 is 22.5 Å². The van der Waals surface area contributed by atoms with Crippen molar-refractivity contribution in [2.24, 2.45) is 0 Å². The Kier molecular flexibility index (Phi) is 8.84. The van der Waals surface area contributed by atoms with Crippen molar-refractivity contribution < 1.29 is 22.7 Å². The van der Waals surface area contributed by atoms with E-state index in [0.717, 1.165) is 22.7 Å². The zero-order chi connectivity index (χ0) is 27.3. The molecule has 0 spiro atoms. The average molecular weight is 557 g/mol. The number of ether oxygens (including phenoxy) is 2. The van der Waals surface area contributed by atoms with Crippen LogP contribution in [0.4, 0.5) is 5.69 Å². The molecule has 0 bridgehead atoms. The van der Waals surface area contributed by atoms with Crippen molar-refractivity contribution in [1.82, 2.24) is 5.32 Å². The highest BCUT2D eigenvalue weighted by Crippen LogP contribution is 2.33. The first-order valence-electron chi connectivity index (χ1n) is 12.7. The van der Waals surface area contributed by atoms with Crippen molar-refractivity contribution in [1.29, 1.82) is 0 Å². The standard InChI is InChI=1S/C29H33ClN2O5S/c1-4-26(22-10-9-20-7-5-6-8-21(20)17-22)31-29(33)19-32(24-13-11-23(30)12-14-24)38(34,35)25-15-16-27(36-2)28(18-25)37-3/h9-18,26H,4-8,19H2,1-3H3,(H,31,33). The lowest BCUT2D eigenvalue weighted by Crippen LogP contribution is -2.42. The summed E-state index contributed by atoms with van der Waals surface area (Å²) in [5, 5.41) is 3.51. The van der Waals surface area contributed by atoms with Crippen molar-refractivity contribution in [3.05, 3.63) is 82.4 Å². The van der Waals surface area contributed by atoms with Crippen molar-refractivity contribution in [2.75, 3.05) is 25.1 Å². The average Bonchev–Trinajstić information content (AvgIpc) is 2.94. The molecular formula is C29H33ClN2O5S. The Bertz CT molecular complexity index is 1390. The molecule has 4 rings (SSSR count). The zero-order valence-electron chi connectivity index (χ0n) is 21.9. The maximum Gasteiger partial charge on any atom is 0.264 e. The fraction of sp³-hybridized carbons (Fsp3) is 0.345. The minimum Gasteiger partial charge on any atom is -0.493 e. The largest absolute Gasteiger partial charge is 0.493 e. The molecule has 1 aliphatic carbocycles. The molecule has 1 aliphatic rings. The summed E-state index contributed by atoms with van der Waals surface area (Å²) in [6, 6.07) is 16.8. The van der Waals surface area contributed by atoms with Crippen molar-refractivity contribution >= 4 is 33.2 Å². The fourth-order valence-electron chi connectivity index (χ4n) is 4.79. The number of rotatable bonds is 10. The van der Waals surface area contributed by atoms with Crippen LogP contribution in [0.25, 0.3) is 0 Å². The number of aryl methyl sites for hydroxylation is 2. The number of hydrogen-bond donors (Lipinski definition) is 1. The van der Waals surface area contributed by atoms with Crippen molar-refractivity contribution in [2.45, 2.75) is 50.0 Å². The van der Waals surface area contributed by atoms with Crippen LogP contribution < -0.4 is 19.1 Å². The third kappa shape index (κ3) is 6.08. The molecule has 0 saturated heterocycles. The van der Waals surface area contributed by atoms with E-state index in [2.05, 4.69) is 23.5 Å². The second-order valence-corrected chi connectivity index (χ2v) is 11.6. The van der Waals surface area contributed by atoms with Gasteiger partial charge in [-0.2, -0.15) is 0 Å². The molecule has 202 valence electrons. The van der Waals surface area contributed by atoms with E-state index in [1.54, 1.807) is 24.3 Å². The van der Waals surface area contributed by atoms with Crippen LogP contribution in [-0.4, -0.2) is 35.1 Å². The van der Waals surface area contributed by atoms with Gasteiger partial charge < -0.3 is 14.8 Å². The molecule has 3 aromatic rings. The highest BCUT2D eigenvalue weighted by molar-refractivity contribution is 7.92. The number of methoxy groups -OCH3 is 2. The number of fused-ring (bicyclic) bond motifs is 1. The van der Waals surface area contributed by atoms with E-state index in [1.165, 1.54) is 56.4 Å². The van der Waals surface area contributed by atoms with Gasteiger partial charge in [0.25, 0.3) is 10.0 Å². The molecule has 38 heavy (non-hydrogen) atoms. The number of carbonyl (C=O) groups is 1. The number of benzene rings is 3. The molecule has 0 radical (unpaired) electrons. The molecule has 3 aromatic carbocycles. The van der Waals surface area contributed by atoms with E-state index in [9.17, 15) is 13.2 Å². The Morgan fingerprint density at radius 2 is 1.63 bits per heavy atom. The molecule has 0 saturated carbocycles. The molecule has 0 fully saturated rings. The second kappa shape index (κ2) is 12.1. The quantitative estimate of drug-likeness (QED) is 0.346. The number of hydrogen-bond acceptors (Lipinski definition) is 5. The van der Waals surface area contributed by atoms with Gasteiger partial charge in [0.15, 0.2) is 11.5 Å². The first-order valence-corrected chi connectivity index (χ1v) is 14.5. The molecule has 1 unspecified atom stereocenters. The lowest BCUT2D eigenvalue weighted by Gasteiger charge is -2.26. The van der Waals surface area contributed by atoms with Crippen LogP contribution in [0.1, 0.15) is 48.9 Å². The molecule has 1 amide bonds. The minimum atomic E-state index is -4.14. The predicted molar refractivity (Wildman–Crippen MR) is 150 cm³/mol. The third-order valence-corrected chi connectivity index (χ3v) is 8.89. The highest BCUT2D eigenvalue weighted by atomic mass is 35.5. The summed E-state index contributed by atoms with van der Waals surface area (Å²) in [5.41, 5.74) is 4.06. The maximum absolute atomic E-state index is 13.8. The molecular weight excluding hydrogens is 524 g/mol. The molecule has 0 aliphatic heterocycles. The number of nitrogens with zero attached hydrogens (tertiary/aromatic N) is 1. The van der Waals surface area contributed by atoms with Crippen LogP contribution in [0.15, 0.2) is 65.6 Å². The number of carbonyl (C=O) groups excluding carboxylic acids is 1. The van der Waals surface area contributed by atoms with E-state index in [-0.39, 0.29) is 16.7 Å². The van der Waals surface area contributed by atoms with Gasteiger partial charge in [-0.3, -0.25) is 9.10 Å². The summed E-state index contributed by atoms with van der Waals surface area (Å²) in [6.07, 6.45) is 5.18. The lowest BCUT2D eigenvalue weighted by atomic mass is 9.89. The van der Waals surface area contributed by atoms with Gasteiger partial charge in [0.2, 0.25) is 5.91 Å². The molecule has 9 heteroatoms. The van der Waals surface area contributed by atoms with Crippen LogP contribution in [0.2, 0.25) is 5.02 Å². The maximum atomic E-state index is 13.8. The Labute approximate surface area is 229 Å². The number of halogens is 1. The molecule has 0 aromatic heterocycles. The Balaban J connectivity index is 1.62. The molecule has 1 atom stereocenters. The van der Waals surface area contributed by atoms with E-state index in [4.69, 9.17) is 21.1 Å². The molecule has 1 N–H and O–H groups in total. The minimum absolute atomic E-state index is 0.0281. The van der Waals surface area contributed by atoms with Gasteiger partial charge in [0, 0.05) is 11.1 Å². The topological polar surface area (TPSA) is 84.9 Å². The smallest absolute Gasteiger partial charge is 0.264 e. The fourth-order valence-corrected chi connectivity index (χ4v) is 6.35. The van der Waals surface area contributed by atoms with E-state index in [1.807, 2.05) is 6.92 Å². The van der Waals surface area contributed by atoms with E-state index in [0.29, 0.717) is 22.9 Å². The number of nitrogens with one attached hydrogen (secondary N) is 1. The van der Waals surface area contributed by atoms with Gasteiger partial charge in [-0.25, -0.2) is 8.42 Å². The Morgan fingerprint density at radius 3 is 2.29 bits per heavy atom. The molecule has 7 nitrogen and oxygen atoms in total. The SMILES string of the molecule is CCC(NC(=O)CN(c1ccc(Cl)cc1)S(=O)(=O)c1ccc(OC)c(OC)c1)c1ccc2c(c1)CCCC2. The van der Waals surface area contributed by atoms with Crippen LogP contribution in [0.5, 0.6) is 11.5 Å². The normalized spacial score (nSPS) is 13.8. The van der Waals surface area contributed by atoms with Crippen LogP contribution in [0.3, 0.4) is 0 Å². The number of anilines is 1. The van der Waals surface area contributed by atoms with Gasteiger partial charge in [0.05, 0.1) is 30.8 Å². The highest BCUT2D eigenvalue weighted by Gasteiger charge is 2.29. The second-order valence-electron chi connectivity index (χ2n) is 9.27. The first kappa shape index (κ1) is 27.8. The van der Waals surface area contributed by atoms with E-state index >= 15 is 0 Å². The Morgan fingerprint density at radius 1 is 0.947 bits per heavy atom. The van der Waals surface area contributed by atoms with Crippen LogP contribution in [0, 0.1) is 0 Å². The predicted octanol–water partition coefficient (Wildman–Crippen LogP) is 5.70. The van der Waals surface area contributed by atoms with Gasteiger partial charge in [0.1, 0.15) is 6.54 Å². The summed E-state index contributed by atoms with van der Waals surface area (Å²) >= 11 is 6.05. The van der Waals surface area contributed by atoms with Crippen molar-refractivity contribution in [3.63, 3.8) is 0 Å². The van der Waals surface area contributed by atoms with Gasteiger partial charge in [-0.1, -0.05) is 36.7 Å². The monoisotopic (exact) mass is 556 g/mol. The summed E-state index contributed by atoms with van der Waals surface area (Å²) in [6.45, 7) is 1.60. The number of sulfonamides is 1. The van der Waals surface area contributed by atoms with Crippen LogP contribution in [-0.2, 0) is 27.7 Å². The summed E-state index contributed by atoms with van der Waals surface area (Å²) in [4.78, 5) is 13.3. The van der Waals surface area contributed by atoms with Crippen LogP contribution >= 0.6 is 11.6 Å². The first-order chi connectivity index (χ1) is 18.3. The molecule has 0 heterocycles. The summed E-state index contributed by atoms with van der Waals surface area (Å²) in [7, 11) is -1.23. The van der Waals surface area contributed by atoms with Gasteiger partial charge >= 0.3 is 0 Å².